The van der Waals surface area contributed by atoms with E-state index in [1.807, 2.05) is 23.5 Å². The van der Waals surface area contributed by atoms with E-state index in [2.05, 4.69) is 25.1 Å². The molecule has 2 rings (SSSR count). The zero-order chi connectivity index (χ0) is 7.68. The van der Waals surface area contributed by atoms with E-state index in [-0.39, 0.29) is 0 Å². The quantitative estimate of drug-likeness (QED) is 0.604. The molecule has 0 saturated carbocycles. The van der Waals surface area contributed by atoms with Gasteiger partial charge >= 0.3 is 0 Å². The summed E-state index contributed by atoms with van der Waals surface area (Å²) in [5.41, 5.74) is 1.37. The third kappa shape index (κ3) is 1.57. The third-order valence-electron chi connectivity index (χ3n) is 1.70. The topological polar surface area (TPSA) is 0 Å². The van der Waals surface area contributed by atoms with Crippen molar-refractivity contribution in [2.24, 2.45) is 0 Å². The number of aryl methyl sites for hydroxylation is 1. The van der Waals surface area contributed by atoms with Crippen LogP contribution in [-0.2, 0) is 0 Å². The maximum Gasteiger partial charge on any atom is 0.0211 e. The highest BCUT2D eigenvalue weighted by Gasteiger charge is 2.08. The van der Waals surface area contributed by atoms with Gasteiger partial charge in [-0.3, -0.25) is 0 Å². The average molecular weight is 182 g/mol. The normalized spacial score (nSPS) is 16.1. The van der Waals surface area contributed by atoms with Crippen molar-refractivity contribution in [1.82, 2.24) is 0 Å². The maximum atomic E-state index is 2.28. The number of thioether (sulfide) groups is 2. The van der Waals surface area contributed by atoms with Gasteiger partial charge in [-0.1, -0.05) is 6.07 Å². The number of rotatable bonds is 0. The van der Waals surface area contributed by atoms with Gasteiger partial charge < -0.3 is 0 Å². The van der Waals surface area contributed by atoms with E-state index < -0.39 is 0 Å². The summed E-state index contributed by atoms with van der Waals surface area (Å²) >= 11 is 3.96. The average Bonchev–Trinajstić information content (AvgIpc) is 2.04. The second-order valence-electron chi connectivity index (χ2n) is 2.65. The fourth-order valence-corrected chi connectivity index (χ4v) is 3.46. The molecule has 0 amide bonds. The van der Waals surface area contributed by atoms with E-state index >= 15 is 0 Å². The molecule has 0 bridgehead atoms. The minimum Gasteiger partial charge on any atom is -0.124 e. The van der Waals surface area contributed by atoms with Crippen molar-refractivity contribution < 1.29 is 0 Å². The molecular formula is C9H10S2. The largest absolute Gasteiger partial charge is 0.124 e. The van der Waals surface area contributed by atoms with Crippen molar-refractivity contribution in [3.63, 3.8) is 0 Å². The molecule has 0 spiro atoms. The lowest BCUT2D eigenvalue weighted by molar-refractivity contribution is 1.19. The predicted octanol–water partition coefficient (Wildman–Crippen LogP) is 3.19. The second kappa shape index (κ2) is 3.11. The zero-order valence-corrected chi connectivity index (χ0v) is 8.10. The highest BCUT2D eigenvalue weighted by Crippen LogP contribution is 2.36. The van der Waals surface area contributed by atoms with Crippen molar-refractivity contribution in [2.45, 2.75) is 16.7 Å². The molecular weight excluding hydrogens is 172 g/mol. The Bertz CT molecular complexity index is 268. The first-order valence-corrected chi connectivity index (χ1v) is 5.69. The SMILES string of the molecule is Cc1ccc2c(c1)SCCS2. The van der Waals surface area contributed by atoms with Gasteiger partial charge in [0.1, 0.15) is 0 Å². The Kier molecular flexibility index (Phi) is 2.14. The molecule has 1 heterocycles. The van der Waals surface area contributed by atoms with E-state index in [4.69, 9.17) is 0 Å². The molecule has 2 heteroatoms. The Balaban J connectivity index is 2.43. The Labute approximate surface area is 75.8 Å². The molecule has 0 fully saturated rings. The summed E-state index contributed by atoms with van der Waals surface area (Å²) in [6, 6.07) is 6.71. The first-order chi connectivity index (χ1) is 5.36. The first-order valence-electron chi connectivity index (χ1n) is 3.72. The van der Waals surface area contributed by atoms with Gasteiger partial charge in [-0.25, -0.2) is 0 Å². The highest BCUT2D eigenvalue weighted by atomic mass is 32.2. The molecule has 58 valence electrons. The molecule has 0 radical (unpaired) electrons. The monoisotopic (exact) mass is 182 g/mol. The molecule has 0 unspecified atom stereocenters. The van der Waals surface area contributed by atoms with Crippen LogP contribution in [0.2, 0.25) is 0 Å². The van der Waals surface area contributed by atoms with Crippen molar-refractivity contribution in [3.05, 3.63) is 23.8 Å². The van der Waals surface area contributed by atoms with Crippen LogP contribution in [0, 0.1) is 6.92 Å². The number of hydrogen-bond acceptors (Lipinski definition) is 2. The Morgan fingerprint density at radius 1 is 1.09 bits per heavy atom. The van der Waals surface area contributed by atoms with Crippen LogP contribution in [0.25, 0.3) is 0 Å². The van der Waals surface area contributed by atoms with Gasteiger partial charge in [-0.2, -0.15) is 0 Å². The summed E-state index contributed by atoms with van der Waals surface area (Å²) in [4.78, 5) is 2.94. The molecule has 0 atom stereocenters. The molecule has 1 aliphatic heterocycles. The predicted molar refractivity (Wildman–Crippen MR) is 52.6 cm³/mol. The van der Waals surface area contributed by atoms with Crippen molar-refractivity contribution in [2.75, 3.05) is 11.5 Å². The van der Waals surface area contributed by atoms with Crippen LogP contribution in [0.4, 0.5) is 0 Å². The van der Waals surface area contributed by atoms with Gasteiger partial charge in [0.2, 0.25) is 0 Å². The van der Waals surface area contributed by atoms with Crippen molar-refractivity contribution >= 4 is 23.5 Å². The van der Waals surface area contributed by atoms with Gasteiger partial charge in [0.25, 0.3) is 0 Å². The van der Waals surface area contributed by atoms with Gasteiger partial charge in [0, 0.05) is 21.3 Å². The lowest BCUT2D eigenvalue weighted by Crippen LogP contribution is -1.93. The van der Waals surface area contributed by atoms with E-state index in [0.29, 0.717) is 0 Å². The Hall–Kier alpha value is -0.0800. The van der Waals surface area contributed by atoms with Gasteiger partial charge in [-0.05, 0) is 24.6 Å². The smallest absolute Gasteiger partial charge is 0.0211 e. The molecule has 1 aliphatic rings. The van der Waals surface area contributed by atoms with E-state index in [9.17, 15) is 0 Å². The molecule has 1 aromatic rings. The molecule has 0 N–H and O–H groups in total. The van der Waals surface area contributed by atoms with Gasteiger partial charge in [-0.15, -0.1) is 23.5 Å². The number of hydrogen-bond donors (Lipinski definition) is 0. The van der Waals surface area contributed by atoms with Crippen molar-refractivity contribution in [3.8, 4) is 0 Å². The standard InChI is InChI=1S/C9H10S2/c1-7-2-3-8-9(6-7)11-5-4-10-8/h2-3,6H,4-5H2,1H3. The lowest BCUT2D eigenvalue weighted by atomic mass is 10.2. The summed E-state index contributed by atoms with van der Waals surface area (Å²) in [5, 5.41) is 0. The Morgan fingerprint density at radius 3 is 2.64 bits per heavy atom. The first kappa shape index (κ1) is 7.56. The van der Waals surface area contributed by atoms with E-state index in [1.165, 1.54) is 26.9 Å². The fraction of sp³-hybridized carbons (Fsp3) is 0.333. The third-order valence-corrected chi connectivity index (χ3v) is 4.22. The van der Waals surface area contributed by atoms with Gasteiger partial charge in [0.05, 0.1) is 0 Å². The molecule has 0 saturated heterocycles. The molecule has 11 heavy (non-hydrogen) atoms. The van der Waals surface area contributed by atoms with Gasteiger partial charge in [0.15, 0.2) is 0 Å². The van der Waals surface area contributed by atoms with Crippen LogP contribution in [0.15, 0.2) is 28.0 Å². The summed E-state index contributed by atoms with van der Waals surface area (Å²) in [7, 11) is 0. The summed E-state index contributed by atoms with van der Waals surface area (Å²) < 4.78 is 0. The fourth-order valence-electron chi connectivity index (χ4n) is 1.15. The second-order valence-corrected chi connectivity index (χ2v) is 4.92. The molecule has 0 aliphatic carbocycles. The van der Waals surface area contributed by atoms with E-state index in [1.54, 1.807) is 0 Å². The molecule has 0 nitrogen and oxygen atoms in total. The maximum absolute atomic E-state index is 2.28. The van der Waals surface area contributed by atoms with Crippen molar-refractivity contribution in [1.29, 1.82) is 0 Å². The molecule has 0 aromatic heterocycles. The summed E-state index contributed by atoms with van der Waals surface area (Å²) in [5.74, 6) is 2.53. The summed E-state index contributed by atoms with van der Waals surface area (Å²) in [6.07, 6.45) is 0. The summed E-state index contributed by atoms with van der Waals surface area (Å²) in [6.45, 7) is 2.15. The number of fused-ring (bicyclic) bond motifs is 1. The Morgan fingerprint density at radius 2 is 1.82 bits per heavy atom. The highest BCUT2D eigenvalue weighted by molar-refractivity contribution is 8.05. The minimum atomic E-state index is 1.26. The van der Waals surface area contributed by atoms with Crippen LogP contribution in [0.3, 0.4) is 0 Å². The van der Waals surface area contributed by atoms with E-state index in [0.717, 1.165) is 0 Å². The van der Waals surface area contributed by atoms with Crippen LogP contribution in [-0.4, -0.2) is 11.5 Å². The van der Waals surface area contributed by atoms with Crippen LogP contribution < -0.4 is 0 Å². The lowest BCUT2D eigenvalue weighted by Gasteiger charge is -2.14. The number of benzene rings is 1. The zero-order valence-electron chi connectivity index (χ0n) is 6.46. The van der Waals surface area contributed by atoms with Crippen LogP contribution in [0.1, 0.15) is 5.56 Å². The van der Waals surface area contributed by atoms with Crippen LogP contribution >= 0.6 is 23.5 Å². The minimum absolute atomic E-state index is 1.26. The molecule has 1 aromatic carbocycles. The van der Waals surface area contributed by atoms with Crippen LogP contribution in [0.5, 0.6) is 0 Å².